The molecule has 0 saturated carbocycles. The molecule has 0 radical (unpaired) electrons. The van der Waals surface area contributed by atoms with Crippen LogP contribution in [0, 0.1) is 0 Å². The van der Waals surface area contributed by atoms with Gasteiger partial charge in [-0.2, -0.15) is 0 Å². The van der Waals surface area contributed by atoms with Crippen LogP contribution in [0.2, 0.25) is 0 Å². The Morgan fingerprint density at radius 2 is 0.871 bits per heavy atom. The summed E-state index contributed by atoms with van der Waals surface area (Å²) in [7, 11) is 0. The average Bonchev–Trinajstić information content (AvgIpc) is 2.74. The van der Waals surface area contributed by atoms with Crippen LogP contribution in [0.3, 0.4) is 0 Å². The maximum Gasteiger partial charge on any atom is 0.303 e. The van der Waals surface area contributed by atoms with Crippen molar-refractivity contribution in [3.8, 4) is 0 Å². The summed E-state index contributed by atoms with van der Waals surface area (Å²) in [5.41, 5.74) is 0. The van der Waals surface area contributed by atoms with Crippen molar-refractivity contribution in [2.45, 2.75) is 129 Å². The minimum Gasteiger partial charge on any atom is -0.481 e. The Balaban J connectivity index is 3.32. The van der Waals surface area contributed by atoms with Crippen molar-refractivity contribution in [1.82, 2.24) is 10.6 Å². The largest absolute Gasteiger partial charge is 0.481 e. The van der Waals surface area contributed by atoms with Crippen LogP contribution in [-0.2, 0) is 14.4 Å². The van der Waals surface area contributed by atoms with Gasteiger partial charge in [-0.05, 0) is 19.3 Å². The molecule has 0 saturated heterocycles. The van der Waals surface area contributed by atoms with E-state index in [-0.39, 0.29) is 31.1 Å². The fraction of sp³-hybridized carbons (Fsp3) is 0.880. The Bertz CT molecular complexity index is 455. The van der Waals surface area contributed by atoms with Crippen molar-refractivity contribution in [1.29, 1.82) is 0 Å². The van der Waals surface area contributed by atoms with Gasteiger partial charge < -0.3 is 15.7 Å². The predicted molar refractivity (Wildman–Crippen MR) is 127 cm³/mol. The summed E-state index contributed by atoms with van der Waals surface area (Å²) < 4.78 is 0. The fourth-order valence-corrected chi connectivity index (χ4v) is 3.58. The van der Waals surface area contributed by atoms with Gasteiger partial charge in [0.15, 0.2) is 0 Å². The lowest BCUT2D eigenvalue weighted by atomic mass is 10.1. The lowest BCUT2D eigenvalue weighted by molar-refractivity contribution is -0.137. The van der Waals surface area contributed by atoms with Crippen molar-refractivity contribution < 1.29 is 19.5 Å². The second-order valence-corrected chi connectivity index (χ2v) is 8.65. The van der Waals surface area contributed by atoms with Crippen LogP contribution in [-0.4, -0.2) is 36.0 Å². The Kier molecular flexibility index (Phi) is 21.9. The molecule has 0 unspecified atom stereocenters. The summed E-state index contributed by atoms with van der Waals surface area (Å²) in [6, 6.07) is 0. The minimum absolute atomic E-state index is 0.0264. The summed E-state index contributed by atoms with van der Waals surface area (Å²) in [5, 5.41) is 14.4. The molecular formula is C25H48N2O4. The van der Waals surface area contributed by atoms with Gasteiger partial charge in [-0.15, -0.1) is 0 Å². The normalized spacial score (nSPS) is 10.7. The lowest BCUT2D eigenvalue weighted by Gasteiger charge is -2.07. The SMILES string of the molecule is CCCCCCCCCCNC(=O)CCC(=O)NCCCCCCCCCCC(=O)O. The van der Waals surface area contributed by atoms with Crippen LogP contribution in [0.15, 0.2) is 0 Å². The standard InChI is InChI=1S/C25H48N2O4/c1-2-3-4-5-6-10-13-16-21-26-23(28)19-20-24(29)27-22-17-14-11-8-7-9-12-15-18-25(30)31/h2-22H2,1H3,(H,26,28)(H,27,29)(H,30,31). The molecule has 0 aromatic heterocycles. The summed E-state index contributed by atoms with van der Waals surface area (Å²) in [5.74, 6) is -0.774. The van der Waals surface area contributed by atoms with Crippen LogP contribution >= 0.6 is 0 Å². The summed E-state index contributed by atoms with van der Waals surface area (Å²) >= 11 is 0. The van der Waals surface area contributed by atoms with E-state index in [1.165, 1.54) is 44.9 Å². The highest BCUT2D eigenvalue weighted by Crippen LogP contribution is 2.10. The van der Waals surface area contributed by atoms with E-state index in [0.29, 0.717) is 6.54 Å². The van der Waals surface area contributed by atoms with Crippen molar-refractivity contribution in [3.63, 3.8) is 0 Å². The molecule has 0 rings (SSSR count). The number of carbonyl (C=O) groups is 3. The Labute approximate surface area is 190 Å². The number of carboxylic acids is 1. The van der Waals surface area contributed by atoms with Gasteiger partial charge in [0.2, 0.25) is 11.8 Å². The highest BCUT2D eigenvalue weighted by atomic mass is 16.4. The molecule has 0 aliphatic heterocycles. The first-order valence-electron chi connectivity index (χ1n) is 12.8. The van der Waals surface area contributed by atoms with Crippen molar-refractivity contribution in [2.24, 2.45) is 0 Å². The first-order valence-corrected chi connectivity index (χ1v) is 12.8. The summed E-state index contributed by atoms with van der Waals surface area (Å²) in [6.07, 6.45) is 19.2. The number of carbonyl (C=O) groups excluding carboxylic acids is 2. The summed E-state index contributed by atoms with van der Waals surface area (Å²) in [6.45, 7) is 3.62. The van der Waals surface area contributed by atoms with Crippen LogP contribution in [0.4, 0.5) is 0 Å². The third-order valence-electron chi connectivity index (χ3n) is 5.57. The minimum atomic E-state index is -0.707. The first-order chi connectivity index (χ1) is 15.1. The van der Waals surface area contributed by atoms with Gasteiger partial charge in [0, 0.05) is 32.4 Å². The molecule has 31 heavy (non-hydrogen) atoms. The zero-order valence-electron chi connectivity index (χ0n) is 20.0. The van der Waals surface area contributed by atoms with Gasteiger partial charge in [0.25, 0.3) is 0 Å². The number of amides is 2. The number of hydrogen-bond donors (Lipinski definition) is 3. The van der Waals surface area contributed by atoms with Crippen LogP contribution in [0.1, 0.15) is 129 Å². The zero-order valence-corrected chi connectivity index (χ0v) is 20.0. The Morgan fingerprint density at radius 3 is 1.26 bits per heavy atom. The summed E-state index contributed by atoms with van der Waals surface area (Å²) in [4.78, 5) is 34.0. The van der Waals surface area contributed by atoms with E-state index >= 15 is 0 Å². The molecule has 0 heterocycles. The van der Waals surface area contributed by atoms with E-state index in [1.807, 2.05) is 0 Å². The molecule has 0 atom stereocenters. The highest BCUT2D eigenvalue weighted by Gasteiger charge is 2.06. The first kappa shape index (κ1) is 29.4. The molecule has 0 spiro atoms. The van der Waals surface area contributed by atoms with E-state index in [1.54, 1.807) is 0 Å². The zero-order chi connectivity index (χ0) is 23.0. The highest BCUT2D eigenvalue weighted by molar-refractivity contribution is 5.83. The topological polar surface area (TPSA) is 95.5 Å². The molecule has 0 aromatic rings. The number of rotatable bonds is 23. The second-order valence-electron chi connectivity index (χ2n) is 8.65. The van der Waals surface area contributed by atoms with Crippen LogP contribution in [0.25, 0.3) is 0 Å². The molecule has 182 valence electrons. The van der Waals surface area contributed by atoms with Gasteiger partial charge in [0.05, 0.1) is 0 Å². The predicted octanol–water partition coefficient (Wildman–Crippen LogP) is 5.74. The quantitative estimate of drug-likeness (QED) is 0.177. The van der Waals surface area contributed by atoms with Crippen molar-refractivity contribution in [2.75, 3.05) is 13.1 Å². The molecule has 2 amide bonds. The monoisotopic (exact) mass is 440 g/mol. The fourth-order valence-electron chi connectivity index (χ4n) is 3.58. The molecule has 0 bridgehead atoms. The van der Waals surface area contributed by atoms with Crippen molar-refractivity contribution >= 4 is 17.8 Å². The van der Waals surface area contributed by atoms with Crippen LogP contribution in [0.5, 0.6) is 0 Å². The van der Waals surface area contributed by atoms with E-state index < -0.39 is 5.97 Å². The molecule has 0 aliphatic carbocycles. The number of nitrogens with one attached hydrogen (secondary N) is 2. The molecule has 0 aliphatic rings. The van der Waals surface area contributed by atoms with E-state index in [9.17, 15) is 14.4 Å². The van der Waals surface area contributed by atoms with E-state index in [0.717, 1.165) is 64.3 Å². The lowest BCUT2D eigenvalue weighted by Crippen LogP contribution is -2.28. The molecule has 6 heteroatoms. The van der Waals surface area contributed by atoms with Gasteiger partial charge in [-0.25, -0.2) is 0 Å². The molecule has 6 nitrogen and oxygen atoms in total. The van der Waals surface area contributed by atoms with Gasteiger partial charge in [-0.1, -0.05) is 90.4 Å². The number of carboxylic acid groups (broad SMARTS) is 1. The Morgan fingerprint density at radius 1 is 0.516 bits per heavy atom. The maximum absolute atomic E-state index is 11.8. The number of hydrogen-bond acceptors (Lipinski definition) is 3. The molecular weight excluding hydrogens is 392 g/mol. The van der Waals surface area contributed by atoms with Crippen molar-refractivity contribution in [3.05, 3.63) is 0 Å². The van der Waals surface area contributed by atoms with Gasteiger partial charge in [-0.3, -0.25) is 14.4 Å². The van der Waals surface area contributed by atoms with E-state index in [2.05, 4.69) is 17.6 Å². The van der Waals surface area contributed by atoms with Crippen LogP contribution < -0.4 is 10.6 Å². The number of aliphatic carboxylic acids is 1. The Hall–Kier alpha value is -1.59. The van der Waals surface area contributed by atoms with Gasteiger partial charge in [0.1, 0.15) is 0 Å². The number of unbranched alkanes of at least 4 members (excludes halogenated alkanes) is 14. The molecule has 3 N–H and O–H groups in total. The second kappa shape index (κ2) is 23.1. The third kappa shape index (κ3) is 24.6. The average molecular weight is 441 g/mol. The smallest absolute Gasteiger partial charge is 0.303 e. The van der Waals surface area contributed by atoms with E-state index in [4.69, 9.17) is 5.11 Å². The molecule has 0 aromatic carbocycles. The van der Waals surface area contributed by atoms with Gasteiger partial charge >= 0.3 is 5.97 Å². The maximum atomic E-state index is 11.8. The molecule has 0 fully saturated rings. The third-order valence-corrected chi connectivity index (χ3v) is 5.57.